The molecule has 1 N–H and O–H groups in total. The average Bonchev–Trinajstić information content (AvgIpc) is 3.03. The summed E-state index contributed by atoms with van der Waals surface area (Å²) in [6.45, 7) is 10.4. The van der Waals surface area contributed by atoms with E-state index in [-0.39, 0.29) is 12.1 Å². The molecule has 1 saturated heterocycles. The van der Waals surface area contributed by atoms with Gasteiger partial charge in [0, 0.05) is 12.5 Å². The summed E-state index contributed by atoms with van der Waals surface area (Å²) in [5.41, 5.74) is 0.307. The van der Waals surface area contributed by atoms with Gasteiger partial charge >= 0.3 is 6.09 Å². The van der Waals surface area contributed by atoms with Crippen LogP contribution < -0.4 is 0 Å². The van der Waals surface area contributed by atoms with Gasteiger partial charge in [-0.1, -0.05) is 19.8 Å². The van der Waals surface area contributed by atoms with E-state index in [4.69, 9.17) is 4.74 Å². The Bertz CT molecular complexity index is 587. The summed E-state index contributed by atoms with van der Waals surface area (Å²) in [5, 5.41) is 0. The van der Waals surface area contributed by atoms with Crippen LogP contribution in [0.4, 0.5) is 4.79 Å². The van der Waals surface area contributed by atoms with Crippen molar-refractivity contribution >= 4 is 6.09 Å². The number of carbonyl (C=O) groups excluding carboxylic acids is 1. The predicted octanol–water partition coefficient (Wildman–Crippen LogP) is 3.49. The molecule has 1 fully saturated rings. The molecule has 0 aliphatic carbocycles. The number of nitrogens with zero attached hydrogens (tertiary/aromatic N) is 2. The highest BCUT2D eigenvalue weighted by Crippen LogP contribution is 2.31. The minimum Gasteiger partial charge on any atom is -0.444 e. The summed E-state index contributed by atoms with van der Waals surface area (Å²) in [6, 6.07) is -0.0514. The fraction of sp³-hybridized carbons (Fsp3) is 0.647. The second-order valence-corrected chi connectivity index (χ2v) is 6.94. The van der Waals surface area contributed by atoms with Crippen molar-refractivity contribution < 1.29 is 9.53 Å². The Kier molecular flexibility index (Phi) is 4.80. The van der Waals surface area contributed by atoms with Gasteiger partial charge in [0.05, 0.1) is 12.2 Å². The maximum atomic E-state index is 12.3. The number of aromatic nitrogens is 2. The zero-order valence-electron chi connectivity index (χ0n) is 14.1. The third kappa shape index (κ3) is 4.27. The molecule has 5 heteroatoms. The van der Waals surface area contributed by atoms with Crippen LogP contribution in [0.25, 0.3) is 0 Å². The van der Waals surface area contributed by atoms with Gasteiger partial charge in [0.1, 0.15) is 17.1 Å². The van der Waals surface area contributed by atoms with Crippen LogP contribution in [-0.4, -0.2) is 33.1 Å². The van der Waals surface area contributed by atoms with Gasteiger partial charge in [-0.25, -0.2) is 9.78 Å². The normalized spacial score (nSPS) is 18.3. The molecule has 120 valence electrons. The van der Waals surface area contributed by atoms with Gasteiger partial charge in [-0.15, -0.1) is 0 Å². The Morgan fingerprint density at radius 3 is 2.86 bits per heavy atom. The Labute approximate surface area is 132 Å². The standard InChI is InChI=1S/C17H25N3O2/c1-12(2)8-9-13-11-18-15(19-13)14-7-6-10-20(14)16(21)22-17(3,4)5/h11-12,14H,6-7,10H2,1-5H3,(H,18,19). The van der Waals surface area contributed by atoms with E-state index < -0.39 is 5.60 Å². The van der Waals surface area contributed by atoms with Gasteiger partial charge in [-0.05, 0) is 39.5 Å². The number of amides is 1. The van der Waals surface area contributed by atoms with Crippen LogP contribution in [0.2, 0.25) is 0 Å². The largest absolute Gasteiger partial charge is 0.444 e. The minimum absolute atomic E-state index is 0.0514. The molecule has 0 bridgehead atoms. The molecule has 1 unspecified atom stereocenters. The molecule has 1 amide bonds. The smallest absolute Gasteiger partial charge is 0.410 e. The highest BCUT2D eigenvalue weighted by atomic mass is 16.6. The fourth-order valence-corrected chi connectivity index (χ4v) is 2.38. The molecule has 2 rings (SSSR count). The second-order valence-electron chi connectivity index (χ2n) is 6.94. The molecule has 5 nitrogen and oxygen atoms in total. The summed E-state index contributed by atoms with van der Waals surface area (Å²) in [6.07, 6.45) is 3.30. The molecule has 2 heterocycles. The number of aromatic amines is 1. The van der Waals surface area contributed by atoms with Crippen molar-refractivity contribution in [2.45, 2.75) is 59.1 Å². The predicted molar refractivity (Wildman–Crippen MR) is 85.2 cm³/mol. The lowest BCUT2D eigenvalue weighted by Gasteiger charge is -2.27. The van der Waals surface area contributed by atoms with E-state index in [9.17, 15) is 4.79 Å². The molecule has 1 aliphatic rings. The molecule has 1 aromatic rings. The van der Waals surface area contributed by atoms with E-state index in [1.165, 1.54) is 0 Å². The Morgan fingerprint density at radius 1 is 1.50 bits per heavy atom. The van der Waals surface area contributed by atoms with Gasteiger partial charge in [0.2, 0.25) is 0 Å². The number of nitrogens with one attached hydrogen (secondary N) is 1. The van der Waals surface area contributed by atoms with Crippen molar-refractivity contribution in [2.24, 2.45) is 5.92 Å². The van der Waals surface area contributed by atoms with Crippen molar-refractivity contribution in [1.82, 2.24) is 14.9 Å². The lowest BCUT2D eigenvalue weighted by atomic mass is 10.2. The number of ether oxygens (including phenoxy) is 1. The van der Waals surface area contributed by atoms with E-state index in [0.717, 1.165) is 24.4 Å². The maximum Gasteiger partial charge on any atom is 0.410 e. The number of imidazole rings is 1. The molecule has 0 spiro atoms. The van der Waals surface area contributed by atoms with Crippen LogP contribution in [0.1, 0.15) is 65.0 Å². The zero-order chi connectivity index (χ0) is 16.3. The number of carbonyl (C=O) groups is 1. The molecule has 22 heavy (non-hydrogen) atoms. The molecular formula is C17H25N3O2. The van der Waals surface area contributed by atoms with E-state index in [1.54, 1.807) is 11.1 Å². The van der Waals surface area contributed by atoms with Gasteiger partial charge in [-0.2, -0.15) is 0 Å². The van der Waals surface area contributed by atoms with Crippen molar-refractivity contribution in [2.75, 3.05) is 6.54 Å². The molecule has 1 atom stereocenters. The fourth-order valence-electron chi connectivity index (χ4n) is 2.38. The van der Waals surface area contributed by atoms with Crippen LogP contribution in [0.5, 0.6) is 0 Å². The third-order valence-electron chi connectivity index (χ3n) is 3.29. The lowest BCUT2D eigenvalue weighted by Crippen LogP contribution is -2.36. The van der Waals surface area contributed by atoms with E-state index in [2.05, 4.69) is 21.8 Å². The molecule has 1 aromatic heterocycles. The first-order valence-corrected chi connectivity index (χ1v) is 7.82. The van der Waals surface area contributed by atoms with Crippen molar-refractivity contribution in [3.05, 3.63) is 17.7 Å². The van der Waals surface area contributed by atoms with Crippen LogP contribution in [0, 0.1) is 17.8 Å². The SMILES string of the molecule is CC(C)C#Cc1cnc(C2CCCN2C(=O)OC(C)(C)C)[nH]1. The Morgan fingerprint density at radius 2 is 2.23 bits per heavy atom. The zero-order valence-corrected chi connectivity index (χ0v) is 14.1. The quantitative estimate of drug-likeness (QED) is 0.808. The number of rotatable bonds is 1. The van der Waals surface area contributed by atoms with Crippen LogP contribution >= 0.6 is 0 Å². The third-order valence-corrected chi connectivity index (χ3v) is 3.29. The molecule has 0 saturated carbocycles. The van der Waals surface area contributed by atoms with Crippen molar-refractivity contribution in [3.63, 3.8) is 0 Å². The van der Waals surface area contributed by atoms with Crippen LogP contribution in [0.15, 0.2) is 6.20 Å². The number of hydrogen-bond donors (Lipinski definition) is 1. The molecule has 0 radical (unpaired) electrons. The maximum absolute atomic E-state index is 12.3. The number of H-pyrrole nitrogens is 1. The monoisotopic (exact) mass is 303 g/mol. The van der Waals surface area contributed by atoms with Gasteiger partial charge < -0.3 is 9.72 Å². The van der Waals surface area contributed by atoms with E-state index in [0.29, 0.717) is 12.5 Å². The van der Waals surface area contributed by atoms with Crippen molar-refractivity contribution in [3.8, 4) is 11.8 Å². The summed E-state index contributed by atoms with van der Waals surface area (Å²) in [7, 11) is 0. The first-order chi connectivity index (χ1) is 10.3. The van der Waals surface area contributed by atoms with Crippen LogP contribution in [0.3, 0.4) is 0 Å². The summed E-state index contributed by atoms with van der Waals surface area (Å²) in [5.74, 6) is 7.28. The van der Waals surface area contributed by atoms with Gasteiger partial charge in [0.25, 0.3) is 0 Å². The Hall–Kier alpha value is -1.96. The Balaban J connectivity index is 2.11. The molecular weight excluding hydrogens is 278 g/mol. The highest BCUT2D eigenvalue weighted by molar-refractivity contribution is 5.69. The summed E-state index contributed by atoms with van der Waals surface area (Å²) in [4.78, 5) is 21.7. The van der Waals surface area contributed by atoms with E-state index in [1.807, 2.05) is 34.6 Å². The minimum atomic E-state index is -0.485. The topological polar surface area (TPSA) is 58.2 Å². The van der Waals surface area contributed by atoms with E-state index >= 15 is 0 Å². The highest BCUT2D eigenvalue weighted by Gasteiger charge is 2.34. The van der Waals surface area contributed by atoms with Gasteiger partial charge in [-0.3, -0.25) is 4.90 Å². The van der Waals surface area contributed by atoms with Crippen LogP contribution in [-0.2, 0) is 4.74 Å². The molecule has 1 aliphatic heterocycles. The second kappa shape index (κ2) is 6.43. The summed E-state index contributed by atoms with van der Waals surface area (Å²) < 4.78 is 5.48. The molecule has 0 aromatic carbocycles. The average molecular weight is 303 g/mol. The van der Waals surface area contributed by atoms with Gasteiger partial charge in [0.15, 0.2) is 0 Å². The number of hydrogen-bond acceptors (Lipinski definition) is 3. The van der Waals surface area contributed by atoms with Crippen molar-refractivity contribution in [1.29, 1.82) is 0 Å². The first-order valence-electron chi connectivity index (χ1n) is 7.82. The number of likely N-dealkylation sites (tertiary alicyclic amines) is 1. The summed E-state index contributed by atoms with van der Waals surface area (Å²) >= 11 is 0. The lowest BCUT2D eigenvalue weighted by molar-refractivity contribution is 0.0218. The first kappa shape index (κ1) is 16.4.